The number of piperidine rings is 1. The standard InChI is InChI=1S/C24H26N4O2/c1-18-5-9-20(10-6-18)24(30)27-14-2-4-21(17-27)23(29)26-22-11-7-19(8-12-22)16-28-15-3-13-25-28/h3,5-13,15,21H,2,4,14,16-17H2,1H3,(H,26,29). The van der Waals surface area contributed by atoms with Crippen LogP contribution in [0.15, 0.2) is 67.0 Å². The molecule has 0 bridgehead atoms. The van der Waals surface area contributed by atoms with Gasteiger partial charge in [-0.05, 0) is 55.7 Å². The maximum Gasteiger partial charge on any atom is 0.253 e. The molecule has 2 aromatic carbocycles. The molecule has 4 rings (SSSR count). The quantitative estimate of drug-likeness (QED) is 0.707. The molecule has 154 valence electrons. The zero-order chi connectivity index (χ0) is 20.9. The Hall–Kier alpha value is -3.41. The summed E-state index contributed by atoms with van der Waals surface area (Å²) < 4.78 is 1.86. The van der Waals surface area contributed by atoms with Gasteiger partial charge in [0.2, 0.25) is 5.91 Å². The molecule has 1 N–H and O–H groups in total. The van der Waals surface area contributed by atoms with Crippen LogP contribution in [-0.2, 0) is 11.3 Å². The molecule has 0 aliphatic carbocycles. The topological polar surface area (TPSA) is 67.2 Å². The van der Waals surface area contributed by atoms with Gasteiger partial charge in [-0.15, -0.1) is 0 Å². The Balaban J connectivity index is 1.35. The second kappa shape index (κ2) is 8.95. The number of anilines is 1. The summed E-state index contributed by atoms with van der Waals surface area (Å²) in [6.07, 6.45) is 5.30. The first-order valence-corrected chi connectivity index (χ1v) is 10.3. The van der Waals surface area contributed by atoms with E-state index >= 15 is 0 Å². The van der Waals surface area contributed by atoms with Crippen molar-refractivity contribution in [1.29, 1.82) is 0 Å². The zero-order valence-electron chi connectivity index (χ0n) is 17.1. The van der Waals surface area contributed by atoms with Crippen LogP contribution in [0.4, 0.5) is 5.69 Å². The monoisotopic (exact) mass is 402 g/mol. The zero-order valence-corrected chi connectivity index (χ0v) is 17.1. The molecular formula is C24H26N4O2. The van der Waals surface area contributed by atoms with Gasteiger partial charge in [-0.2, -0.15) is 5.10 Å². The largest absolute Gasteiger partial charge is 0.338 e. The van der Waals surface area contributed by atoms with Crippen molar-refractivity contribution in [2.75, 3.05) is 18.4 Å². The lowest BCUT2D eigenvalue weighted by molar-refractivity contribution is -0.121. The molecule has 0 saturated carbocycles. The first-order chi connectivity index (χ1) is 14.6. The van der Waals surface area contributed by atoms with Gasteiger partial charge in [0.05, 0.1) is 12.5 Å². The van der Waals surface area contributed by atoms with Gasteiger partial charge in [0.15, 0.2) is 0 Å². The fourth-order valence-electron chi connectivity index (χ4n) is 3.77. The average molecular weight is 402 g/mol. The molecule has 1 aromatic heterocycles. The predicted molar refractivity (Wildman–Crippen MR) is 116 cm³/mol. The highest BCUT2D eigenvalue weighted by atomic mass is 16.2. The maximum absolute atomic E-state index is 12.8. The third-order valence-electron chi connectivity index (χ3n) is 5.50. The van der Waals surface area contributed by atoms with Crippen LogP contribution in [0, 0.1) is 12.8 Å². The Morgan fingerprint density at radius 1 is 1.10 bits per heavy atom. The number of rotatable bonds is 5. The van der Waals surface area contributed by atoms with E-state index in [0.717, 1.165) is 29.7 Å². The minimum absolute atomic E-state index is 0.00419. The molecule has 3 aromatic rings. The van der Waals surface area contributed by atoms with Gasteiger partial charge in [0, 0.05) is 36.7 Å². The van der Waals surface area contributed by atoms with Crippen LogP contribution >= 0.6 is 0 Å². The third-order valence-corrected chi connectivity index (χ3v) is 5.50. The van der Waals surface area contributed by atoms with Crippen LogP contribution in [0.5, 0.6) is 0 Å². The molecule has 2 amide bonds. The lowest BCUT2D eigenvalue weighted by atomic mass is 9.96. The molecule has 2 heterocycles. The fraction of sp³-hybridized carbons (Fsp3) is 0.292. The summed E-state index contributed by atoms with van der Waals surface area (Å²) >= 11 is 0. The summed E-state index contributed by atoms with van der Waals surface area (Å²) in [6, 6.07) is 17.3. The second-order valence-electron chi connectivity index (χ2n) is 7.85. The molecule has 1 unspecified atom stereocenters. The van der Waals surface area contributed by atoms with Gasteiger partial charge in [0.1, 0.15) is 0 Å². The van der Waals surface area contributed by atoms with E-state index in [2.05, 4.69) is 10.4 Å². The van der Waals surface area contributed by atoms with E-state index in [1.165, 1.54) is 0 Å². The Kier molecular flexibility index (Phi) is 5.93. The average Bonchev–Trinajstić information content (AvgIpc) is 3.28. The molecule has 6 nitrogen and oxygen atoms in total. The highest BCUT2D eigenvalue weighted by Gasteiger charge is 2.29. The fourth-order valence-corrected chi connectivity index (χ4v) is 3.77. The number of aromatic nitrogens is 2. The summed E-state index contributed by atoms with van der Waals surface area (Å²) in [6.45, 7) is 3.84. The van der Waals surface area contributed by atoms with E-state index < -0.39 is 0 Å². The number of hydrogen-bond acceptors (Lipinski definition) is 3. The van der Waals surface area contributed by atoms with E-state index in [1.807, 2.05) is 72.4 Å². The normalized spacial score (nSPS) is 16.3. The summed E-state index contributed by atoms with van der Waals surface area (Å²) in [5.41, 5.74) is 3.68. The van der Waals surface area contributed by atoms with Gasteiger partial charge in [-0.1, -0.05) is 29.8 Å². The van der Waals surface area contributed by atoms with Gasteiger partial charge >= 0.3 is 0 Å². The maximum atomic E-state index is 12.8. The Bertz CT molecular complexity index is 995. The minimum Gasteiger partial charge on any atom is -0.338 e. The first kappa shape index (κ1) is 19.9. The van der Waals surface area contributed by atoms with E-state index in [0.29, 0.717) is 25.2 Å². The SMILES string of the molecule is Cc1ccc(C(=O)N2CCCC(C(=O)Nc3ccc(Cn4cccn4)cc3)C2)cc1. The number of nitrogens with zero attached hydrogens (tertiary/aromatic N) is 3. The van der Waals surface area contributed by atoms with Gasteiger partial charge in [-0.25, -0.2) is 0 Å². The van der Waals surface area contributed by atoms with Crippen LogP contribution < -0.4 is 5.32 Å². The number of carbonyl (C=O) groups excluding carboxylic acids is 2. The highest BCUT2D eigenvalue weighted by molar-refractivity contribution is 5.96. The Morgan fingerprint density at radius 3 is 2.57 bits per heavy atom. The van der Waals surface area contributed by atoms with Crippen molar-refractivity contribution < 1.29 is 9.59 Å². The number of likely N-dealkylation sites (tertiary alicyclic amines) is 1. The molecule has 0 radical (unpaired) electrons. The summed E-state index contributed by atoms with van der Waals surface area (Å²) in [5.74, 6) is -0.233. The summed E-state index contributed by atoms with van der Waals surface area (Å²) in [5, 5.41) is 7.21. The number of hydrogen-bond donors (Lipinski definition) is 1. The van der Waals surface area contributed by atoms with Crippen molar-refractivity contribution in [3.63, 3.8) is 0 Å². The summed E-state index contributed by atoms with van der Waals surface area (Å²) in [4.78, 5) is 27.4. The third kappa shape index (κ3) is 4.76. The predicted octanol–water partition coefficient (Wildman–Crippen LogP) is 3.73. The second-order valence-corrected chi connectivity index (χ2v) is 7.85. The van der Waals surface area contributed by atoms with Crippen molar-refractivity contribution in [3.05, 3.63) is 83.7 Å². The lowest BCUT2D eigenvalue weighted by Crippen LogP contribution is -2.43. The molecule has 1 saturated heterocycles. The van der Waals surface area contributed by atoms with Crippen molar-refractivity contribution in [2.45, 2.75) is 26.3 Å². The lowest BCUT2D eigenvalue weighted by Gasteiger charge is -2.32. The Labute approximate surface area is 176 Å². The molecule has 1 aliphatic heterocycles. The number of benzene rings is 2. The Morgan fingerprint density at radius 2 is 1.87 bits per heavy atom. The first-order valence-electron chi connectivity index (χ1n) is 10.3. The van der Waals surface area contributed by atoms with E-state index in [4.69, 9.17) is 0 Å². The van der Waals surface area contributed by atoms with Crippen molar-refractivity contribution in [1.82, 2.24) is 14.7 Å². The van der Waals surface area contributed by atoms with Crippen LogP contribution in [0.25, 0.3) is 0 Å². The number of amides is 2. The molecule has 1 aliphatic rings. The smallest absolute Gasteiger partial charge is 0.253 e. The van der Waals surface area contributed by atoms with Crippen molar-refractivity contribution in [2.24, 2.45) is 5.92 Å². The van der Waals surface area contributed by atoms with E-state index in [-0.39, 0.29) is 17.7 Å². The molecule has 30 heavy (non-hydrogen) atoms. The minimum atomic E-state index is -0.197. The molecule has 0 spiro atoms. The number of nitrogens with one attached hydrogen (secondary N) is 1. The van der Waals surface area contributed by atoms with Crippen molar-refractivity contribution >= 4 is 17.5 Å². The summed E-state index contributed by atoms with van der Waals surface area (Å²) in [7, 11) is 0. The van der Waals surface area contributed by atoms with Gasteiger partial charge < -0.3 is 10.2 Å². The molecular weight excluding hydrogens is 376 g/mol. The number of carbonyl (C=O) groups is 2. The molecule has 6 heteroatoms. The van der Waals surface area contributed by atoms with Gasteiger partial charge in [0.25, 0.3) is 5.91 Å². The van der Waals surface area contributed by atoms with E-state index in [9.17, 15) is 9.59 Å². The highest BCUT2D eigenvalue weighted by Crippen LogP contribution is 2.21. The van der Waals surface area contributed by atoms with Gasteiger partial charge in [-0.3, -0.25) is 14.3 Å². The van der Waals surface area contributed by atoms with Crippen LogP contribution in [0.3, 0.4) is 0 Å². The van der Waals surface area contributed by atoms with Crippen LogP contribution in [0.1, 0.15) is 34.3 Å². The van der Waals surface area contributed by atoms with E-state index in [1.54, 1.807) is 11.1 Å². The number of aryl methyl sites for hydroxylation is 1. The molecule has 1 fully saturated rings. The van der Waals surface area contributed by atoms with Crippen LogP contribution in [0.2, 0.25) is 0 Å². The van der Waals surface area contributed by atoms with Crippen molar-refractivity contribution in [3.8, 4) is 0 Å². The molecule has 1 atom stereocenters. The van der Waals surface area contributed by atoms with Crippen LogP contribution in [-0.4, -0.2) is 39.6 Å².